The van der Waals surface area contributed by atoms with Crippen molar-refractivity contribution in [3.8, 4) is 5.75 Å². The summed E-state index contributed by atoms with van der Waals surface area (Å²) in [5, 5.41) is 11.2. The molecule has 0 unspecified atom stereocenters. The average Bonchev–Trinajstić information content (AvgIpc) is 3.60. The van der Waals surface area contributed by atoms with Gasteiger partial charge in [0.2, 0.25) is 0 Å². The molecule has 1 fully saturated rings. The number of carbonyl (C=O) groups is 2. The highest BCUT2D eigenvalue weighted by atomic mass is 16.5. The molecular formula is C29H25NO6. The van der Waals surface area contributed by atoms with Gasteiger partial charge in [-0.1, -0.05) is 29.8 Å². The molecule has 0 radical (unpaired) electrons. The van der Waals surface area contributed by atoms with Crippen LogP contribution < -0.4 is 4.74 Å². The molecule has 182 valence electrons. The molecule has 1 saturated heterocycles. The van der Waals surface area contributed by atoms with E-state index in [9.17, 15) is 14.7 Å². The van der Waals surface area contributed by atoms with Crippen LogP contribution >= 0.6 is 0 Å². The van der Waals surface area contributed by atoms with E-state index in [1.807, 2.05) is 25.1 Å². The van der Waals surface area contributed by atoms with Crippen molar-refractivity contribution in [2.45, 2.75) is 33.0 Å². The van der Waals surface area contributed by atoms with Crippen LogP contribution in [0.1, 0.15) is 40.0 Å². The molecule has 4 aromatic rings. The highest BCUT2D eigenvalue weighted by Crippen LogP contribution is 2.41. The molecule has 3 heterocycles. The van der Waals surface area contributed by atoms with Crippen molar-refractivity contribution in [3.05, 3.63) is 119 Å². The summed E-state index contributed by atoms with van der Waals surface area (Å²) in [5.41, 5.74) is 2.56. The number of ketones is 1. The Morgan fingerprint density at radius 2 is 1.81 bits per heavy atom. The number of furan rings is 2. The Morgan fingerprint density at radius 3 is 2.47 bits per heavy atom. The van der Waals surface area contributed by atoms with Crippen LogP contribution in [0.3, 0.4) is 0 Å². The fraction of sp³-hybridized carbons (Fsp3) is 0.172. The number of carbonyl (C=O) groups excluding carboxylic acids is 2. The van der Waals surface area contributed by atoms with E-state index in [1.165, 1.54) is 11.2 Å². The van der Waals surface area contributed by atoms with E-state index in [-0.39, 0.29) is 17.9 Å². The third kappa shape index (κ3) is 4.55. The summed E-state index contributed by atoms with van der Waals surface area (Å²) in [4.78, 5) is 27.4. The van der Waals surface area contributed by atoms with E-state index >= 15 is 0 Å². The van der Waals surface area contributed by atoms with Gasteiger partial charge in [0.1, 0.15) is 41.4 Å². The number of ether oxygens (including phenoxy) is 1. The standard InChI is InChI=1S/C29H25NO6/c1-18-5-3-6-20(15-18)17-35-22-11-9-21(10-12-22)27(31)25-26(24-13-8-19(2)36-24)30(29(33)28(25)32)16-23-7-4-14-34-23/h3-15,26,31H,16-17H2,1-2H3/b27-25+/t26-/m1/s1. The molecule has 1 N–H and O–H groups in total. The zero-order valence-electron chi connectivity index (χ0n) is 19.9. The van der Waals surface area contributed by atoms with Gasteiger partial charge in [-0.3, -0.25) is 9.59 Å². The Balaban J connectivity index is 1.45. The van der Waals surface area contributed by atoms with Crippen LogP contribution in [0.5, 0.6) is 5.75 Å². The summed E-state index contributed by atoms with van der Waals surface area (Å²) in [6, 6.07) is 20.8. The lowest BCUT2D eigenvalue weighted by Gasteiger charge is -2.22. The minimum Gasteiger partial charge on any atom is -0.507 e. The van der Waals surface area contributed by atoms with Crippen LogP contribution in [-0.4, -0.2) is 21.7 Å². The molecule has 0 aliphatic carbocycles. The number of nitrogens with zero attached hydrogens (tertiary/aromatic N) is 1. The first-order chi connectivity index (χ1) is 17.4. The molecule has 7 nitrogen and oxygen atoms in total. The molecule has 1 aliphatic heterocycles. The molecule has 36 heavy (non-hydrogen) atoms. The molecule has 0 bridgehead atoms. The van der Waals surface area contributed by atoms with Gasteiger partial charge in [0.05, 0.1) is 18.4 Å². The number of amides is 1. The maximum atomic E-state index is 13.1. The fourth-order valence-corrected chi connectivity index (χ4v) is 4.34. The average molecular weight is 484 g/mol. The van der Waals surface area contributed by atoms with E-state index < -0.39 is 17.7 Å². The van der Waals surface area contributed by atoms with Gasteiger partial charge >= 0.3 is 0 Å². The number of aryl methyl sites for hydroxylation is 2. The third-order valence-electron chi connectivity index (χ3n) is 6.09. The summed E-state index contributed by atoms with van der Waals surface area (Å²) < 4.78 is 17.0. The zero-order chi connectivity index (χ0) is 25.2. The molecule has 2 aromatic heterocycles. The van der Waals surface area contributed by atoms with Crippen molar-refractivity contribution in [3.63, 3.8) is 0 Å². The Hall–Kier alpha value is -4.52. The summed E-state index contributed by atoms with van der Waals surface area (Å²) in [6.45, 7) is 4.27. The van der Waals surface area contributed by atoms with Crippen LogP contribution in [0.4, 0.5) is 0 Å². The van der Waals surface area contributed by atoms with Gasteiger partial charge in [-0.25, -0.2) is 0 Å². The number of likely N-dealkylation sites (tertiary alicyclic amines) is 1. The molecule has 1 amide bonds. The molecule has 5 rings (SSSR count). The lowest BCUT2D eigenvalue weighted by atomic mass is 9.99. The second-order valence-electron chi connectivity index (χ2n) is 8.76. The van der Waals surface area contributed by atoms with Gasteiger partial charge in [-0.2, -0.15) is 0 Å². The monoisotopic (exact) mass is 483 g/mol. The quantitative estimate of drug-likeness (QED) is 0.206. The zero-order valence-corrected chi connectivity index (χ0v) is 19.9. The Bertz CT molecular complexity index is 1430. The van der Waals surface area contributed by atoms with Crippen molar-refractivity contribution in [1.82, 2.24) is 4.90 Å². The number of hydrogen-bond donors (Lipinski definition) is 1. The SMILES string of the molecule is Cc1cccc(COc2ccc(/C(O)=C3\C(=O)C(=O)N(Cc4ccco4)[C@@H]3c3ccc(C)o3)cc2)c1. The first-order valence-electron chi connectivity index (χ1n) is 11.6. The Morgan fingerprint density at radius 1 is 1.00 bits per heavy atom. The fourth-order valence-electron chi connectivity index (χ4n) is 4.34. The van der Waals surface area contributed by atoms with Gasteiger partial charge in [-0.05, 0) is 67.9 Å². The van der Waals surface area contributed by atoms with Crippen LogP contribution in [0.2, 0.25) is 0 Å². The topological polar surface area (TPSA) is 93.1 Å². The Kier molecular flexibility index (Phi) is 6.21. The predicted molar refractivity (Wildman–Crippen MR) is 132 cm³/mol. The molecule has 1 atom stereocenters. The highest BCUT2D eigenvalue weighted by molar-refractivity contribution is 6.46. The number of aliphatic hydroxyl groups is 1. The van der Waals surface area contributed by atoms with Crippen LogP contribution in [-0.2, 0) is 22.7 Å². The second-order valence-corrected chi connectivity index (χ2v) is 8.76. The largest absolute Gasteiger partial charge is 0.507 e. The maximum Gasteiger partial charge on any atom is 0.296 e. The molecular weight excluding hydrogens is 458 g/mol. The normalized spacial score (nSPS) is 17.1. The third-order valence-corrected chi connectivity index (χ3v) is 6.09. The van der Waals surface area contributed by atoms with Gasteiger partial charge in [-0.15, -0.1) is 0 Å². The van der Waals surface area contributed by atoms with Crippen molar-refractivity contribution in [1.29, 1.82) is 0 Å². The maximum absolute atomic E-state index is 13.1. The van der Waals surface area contributed by atoms with Gasteiger partial charge < -0.3 is 23.6 Å². The van der Waals surface area contributed by atoms with Crippen molar-refractivity contribution < 1.29 is 28.3 Å². The van der Waals surface area contributed by atoms with E-state index in [0.717, 1.165) is 11.1 Å². The molecule has 7 heteroatoms. The minimum absolute atomic E-state index is 0.0330. The van der Waals surface area contributed by atoms with Crippen LogP contribution in [0.25, 0.3) is 5.76 Å². The van der Waals surface area contributed by atoms with Gasteiger partial charge in [0.25, 0.3) is 11.7 Å². The molecule has 1 aliphatic rings. The summed E-state index contributed by atoms with van der Waals surface area (Å²) >= 11 is 0. The predicted octanol–water partition coefficient (Wildman–Crippen LogP) is 5.69. The summed E-state index contributed by atoms with van der Waals surface area (Å²) in [5.74, 6) is 0.356. The van der Waals surface area contributed by atoms with Gasteiger partial charge in [0.15, 0.2) is 0 Å². The van der Waals surface area contributed by atoms with Gasteiger partial charge in [0, 0.05) is 5.56 Å². The number of rotatable bonds is 7. The van der Waals surface area contributed by atoms with Crippen LogP contribution in [0.15, 0.2) is 93.5 Å². The molecule has 0 spiro atoms. The lowest BCUT2D eigenvalue weighted by molar-refractivity contribution is -0.140. The number of Topliss-reactive ketones (excluding diaryl/α,β-unsaturated/α-hetero) is 1. The summed E-state index contributed by atoms with van der Waals surface area (Å²) in [7, 11) is 0. The van der Waals surface area contributed by atoms with Crippen LogP contribution in [0, 0.1) is 13.8 Å². The first-order valence-corrected chi connectivity index (χ1v) is 11.6. The van der Waals surface area contributed by atoms with E-state index in [4.69, 9.17) is 13.6 Å². The van der Waals surface area contributed by atoms with Crippen molar-refractivity contribution >= 4 is 17.4 Å². The van der Waals surface area contributed by atoms with E-state index in [2.05, 4.69) is 6.07 Å². The van der Waals surface area contributed by atoms with E-state index in [0.29, 0.717) is 35.2 Å². The molecule has 2 aromatic carbocycles. The minimum atomic E-state index is -0.888. The van der Waals surface area contributed by atoms with Crippen molar-refractivity contribution in [2.24, 2.45) is 0 Å². The Labute approximate surface area is 208 Å². The van der Waals surface area contributed by atoms with Crippen molar-refractivity contribution in [2.75, 3.05) is 0 Å². The summed E-state index contributed by atoms with van der Waals surface area (Å²) in [6.07, 6.45) is 1.50. The number of hydrogen-bond acceptors (Lipinski definition) is 6. The lowest BCUT2D eigenvalue weighted by Crippen LogP contribution is -2.28. The number of benzene rings is 2. The first kappa shape index (κ1) is 23.2. The second kappa shape index (κ2) is 9.62. The number of aliphatic hydroxyl groups excluding tert-OH is 1. The highest BCUT2D eigenvalue weighted by Gasteiger charge is 2.47. The smallest absolute Gasteiger partial charge is 0.296 e. The van der Waals surface area contributed by atoms with E-state index in [1.54, 1.807) is 55.5 Å². The molecule has 0 saturated carbocycles.